The van der Waals surface area contributed by atoms with Crippen LogP contribution in [0, 0.1) is 11.6 Å². The fraction of sp³-hybridized carbons (Fsp3) is 0. The van der Waals surface area contributed by atoms with Gasteiger partial charge in [0.05, 0.1) is 10.7 Å². The molecule has 2 aromatic carbocycles. The van der Waals surface area contributed by atoms with Gasteiger partial charge in [-0.15, -0.1) is 0 Å². The van der Waals surface area contributed by atoms with Crippen molar-refractivity contribution in [3.8, 4) is 0 Å². The Morgan fingerprint density at radius 1 is 1.10 bits per heavy atom. The molecule has 0 aliphatic heterocycles. The standard InChI is InChI=1S/C12H9ClF2N2O2S/c13-9-3-1-7(14)5-12(9)20(18,19)17-11-4-2-8(16)6-10(11)15/h1-6,17H,16H2. The number of anilines is 2. The van der Waals surface area contributed by atoms with Crippen LogP contribution in [0.1, 0.15) is 0 Å². The molecule has 0 spiro atoms. The number of hydrogen-bond acceptors (Lipinski definition) is 3. The molecule has 0 amide bonds. The summed E-state index contributed by atoms with van der Waals surface area (Å²) in [6.07, 6.45) is 0. The lowest BCUT2D eigenvalue weighted by Crippen LogP contribution is -2.14. The van der Waals surface area contributed by atoms with E-state index in [-0.39, 0.29) is 16.4 Å². The van der Waals surface area contributed by atoms with Crippen molar-refractivity contribution in [3.05, 3.63) is 53.1 Å². The molecule has 0 saturated heterocycles. The van der Waals surface area contributed by atoms with Gasteiger partial charge in [-0.25, -0.2) is 17.2 Å². The maximum atomic E-state index is 13.6. The van der Waals surface area contributed by atoms with Crippen molar-refractivity contribution in [3.63, 3.8) is 0 Å². The van der Waals surface area contributed by atoms with Gasteiger partial charge in [0.1, 0.15) is 16.5 Å². The average Bonchev–Trinajstić information content (AvgIpc) is 2.35. The predicted octanol–water partition coefficient (Wildman–Crippen LogP) is 3.00. The fourth-order valence-electron chi connectivity index (χ4n) is 1.50. The molecule has 0 atom stereocenters. The summed E-state index contributed by atoms with van der Waals surface area (Å²) < 4.78 is 52.8. The van der Waals surface area contributed by atoms with Crippen molar-refractivity contribution in [2.75, 3.05) is 10.5 Å². The largest absolute Gasteiger partial charge is 0.399 e. The van der Waals surface area contributed by atoms with E-state index in [4.69, 9.17) is 17.3 Å². The Balaban J connectivity index is 2.43. The molecule has 0 aliphatic rings. The number of rotatable bonds is 3. The molecule has 0 aliphatic carbocycles. The molecule has 8 heteroatoms. The van der Waals surface area contributed by atoms with Crippen molar-refractivity contribution in [2.45, 2.75) is 4.90 Å². The van der Waals surface area contributed by atoms with Crippen LogP contribution >= 0.6 is 11.6 Å². The van der Waals surface area contributed by atoms with E-state index >= 15 is 0 Å². The number of halogens is 3. The molecule has 2 rings (SSSR count). The van der Waals surface area contributed by atoms with Crippen LogP contribution in [0.4, 0.5) is 20.2 Å². The van der Waals surface area contributed by atoms with E-state index in [1.165, 1.54) is 6.07 Å². The molecule has 2 aromatic rings. The maximum absolute atomic E-state index is 13.6. The summed E-state index contributed by atoms with van der Waals surface area (Å²) in [6, 6.07) is 6.32. The second-order valence-electron chi connectivity index (χ2n) is 3.92. The van der Waals surface area contributed by atoms with Gasteiger partial charge in [0.25, 0.3) is 10.0 Å². The molecule has 0 saturated carbocycles. The molecule has 0 unspecified atom stereocenters. The highest BCUT2D eigenvalue weighted by atomic mass is 35.5. The Morgan fingerprint density at radius 3 is 2.45 bits per heavy atom. The maximum Gasteiger partial charge on any atom is 0.263 e. The summed E-state index contributed by atoms with van der Waals surface area (Å²) in [5.74, 6) is -1.62. The van der Waals surface area contributed by atoms with Crippen LogP contribution in [0.25, 0.3) is 0 Å². The number of benzene rings is 2. The zero-order valence-corrected chi connectivity index (χ0v) is 11.5. The van der Waals surface area contributed by atoms with Gasteiger partial charge in [-0.2, -0.15) is 0 Å². The third-order valence-electron chi connectivity index (χ3n) is 2.42. The number of nitrogen functional groups attached to an aromatic ring is 1. The minimum atomic E-state index is -4.20. The molecular weight excluding hydrogens is 310 g/mol. The first kappa shape index (κ1) is 14.5. The molecule has 20 heavy (non-hydrogen) atoms. The predicted molar refractivity (Wildman–Crippen MR) is 73.0 cm³/mol. The van der Waals surface area contributed by atoms with Crippen LogP contribution < -0.4 is 10.5 Å². The average molecular weight is 319 g/mol. The molecule has 0 bridgehead atoms. The smallest absolute Gasteiger partial charge is 0.263 e. The van der Waals surface area contributed by atoms with Gasteiger partial charge < -0.3 is 5.73 Å². The summed E-state index contributed by atoms with van der Waals surface area (Å²) in [7, 11) is -4.20. The van der Waals surface area contributed by atoms with E-state index in [1.54, 1.807) is 0 Å². The molecular formula is C12H9ClF2N2O2S. The zero-order valence-electron chi connectivity index (χ0n) is 9.90. The summed E-state index contributed by atoms with van der Waals surface area (Å²) >= 11 is 5.71. The molecule has 4 nitrogen and oxygen atoms in total. The van der Waals surface area contributed by atoms with Crippen molar-refractivity contribution in [1.82, 2.24) is 0 Å². The van der Waals surface area contributed by atoms with Crippen LogP contribution in [0.2, 0.25) is 5.02 Å². The van der Waals surface area contributed by atoms with Gasteiger partial charge in [-0.05, 0) is 36.4 Å². The second-order valence-corrected chi connectivity index (χ2v) is 5.98. The Kier molecular flexibility index (Phi) is 3.82. The lowest BCUT2D eigenvalue weighted by molar-refractivity contribution is 0.593. The topological polar surface area (TPSA) is 72.2 Å². The Labute approximate surface area is 119 Å². The third kappa shape index (κ3) is 3.00. The van der Waals surface area contributed by atoms with Gasteiger partial charge >= 0.3 is 0 Å². The van der Waals surface area contributed by atoms with Gasteiger partial charge in [0.15, 0.2) is 0 Å². The SMILES string of the molecule is Nc1ccc(NS(=O)(=O)c2cc(F)ccc2Cl)c(F)c1. The quantitative estimate of drug-likeness (QED) is 0.854. The molecule has 0 fully saturated rings. The zero-order chi connectivity index (χ0) is 14.9. The number of sulfonamides is 1. The Bertz CT molecular complexity index is 766. The van der Waals surface area contributed by atoms with E-state index in [0.717, 1.165) is 30.3 Å². The fourth-order valence-corrected chi connectivity index (χ4v) is 3.08. The first-order valence-corrected chi connectivity index (χ1v) is 7.18. The van der Waals surface area contributed by atoms with Crippen molar-refractivity contribution >= 4 is 33.0 Å². The Morgan fingerprint density at radius 2 is 1.80 bits per heavy atom. The monoisotopic (exact) mass is 318 g/mol. The van der Waals surface area contributed by atoms with Gasteiger partial charge in [0, 0.05) is 5.69 Å². The van der Waals surface area contributed by atoms with E-state index in [0.29, 0.717) is 0 Å². The summed E-state index contributed by atoms with van der Waals surface area (Å²) in [6.45, 7) is 0. The lowest BCUT2D eigenvalue weighted by atomic mass is 10.3. The van der Waals surface area contributed by atoms with Crippen LogP contribution in [0.3, 0.4) is 0 Å². The highest BCUT2D eigenvalue weighted by Crippen LogP contribution is 2.26. The third-order valence-corrected chi connectivity index (χ3v) is 4.27. The summed E-state index contributed by atoms with van der Waals surface area (Å²) in [4.78, 5) is -0.476. The van der Waals surface area contributed by atoms with Crippen LogP contribution in [0.5, 0.6) is 0 Å². The highest BCUT2D eigenvalue weighted by Gasteiger charge is 2.20. The van der Waals surface area contributed by atoms with Crippen molar-refractivity contribution in [2.24, 2.45) is 0 Å². The first-order chi connectivity index (χ1) is 9.29. The molecule has 0 heterocycles. The van der Waals surface area contributed by atoms with Crippen molar-refractivity contribution < 1.29 is 17.2 Å². The van der Waals surface area contributed by atoms with Crippen LogP contribution in [-0.4, -0.2) is 8.42 Å². The normalized spacial score (nSPS) is 11.3. The highest BCUT2D eigenvalue weighted by molar-refractivity contribution is 7.92. The van der Waals surface area contributed by atoms with Crippen LogP contribution in [0.15, 0.2) is 41.3 Å². The van der Waals surface area contributed by atoms with Gasteiger partial charge in [-0.3, -0.25) is 4.72 Å². The minimum absolute atomic E-state index is 0.147. The lowest BCUT2D eigenvalue weighted by Gasteiger charge is -2.10. The summed E-state index contributed by atoms with van der Waals surface area (Å²) in [5.41, 5.74) is 5.20. The Hall–Kier alpha value is -1.86. The molecule has 3 N–H and O–H groups in total. The van der Waals surface area contributed by atoms with Gasteiger partial charge in [-0.1, -0.05) is 11.6 Å². The van der Waals surface area contributed by atoms with Crippen molar-refractivity contribution in [1.29, 1.82) is 0 Å². The number of hydrogen-bond donors (Lipinski definition) is 2. The van der Waals surface area contributed by atoms with E-state index < -0.39 is 26.6 Å². The van der Waals surface area contributed by atoms with E-state index in [9.17, 15) is 17.2 Å². The van der Waals surface area contributed by atoms with Crippen LogP contribution in [-0.2, 0) is 10.0 Å². The molecule has 106 valence electrons. The minimum Gasteiger partial charge on any atom is -0.399 e. The van der Waals surface area contributed by atoms with E-state index in [2.05, 4.69) is 0 Å². The second kappa shape index (κ2) is 5.26. The number of nitrogens with two attached hydrogens (primary N) is 1. The molecule has 0 radical (unpaired) electrons. The molecule has 0 aromatic heterocycles. The number of nitrogens with one attached hydrogen (secondary N) is 1. The van der Waals surface area contributed by atoms with Gasteiger partial charge in [0.2, 0.25) is 0 Å². The van der Waals surface area contributed by atoms with E-state index in [1.807, 2.05) is 4.72 Å². The first-order valence-electron chi connectivity index (χ1n) is 5.32. The summed E-state index contributed by atoms with van der Waals surface area (Å²) in [5, 5.41) is -0.172.